The van der Waals surface area contributed by atoms with Gasteiger partial charge in [-0.2, -0.15) is 5.10 Å². The van der Waals surface area contributed by atoms with Crippen LogP contribution in [0.2, 0.25) is 0 Å². The van der Waals surface area contributed by atoms with Gasteiger partial charge in [0, 0.05) is 43.4 Å². The van der Waals surface area contributed by atoms with Crippen molar-refractivity contribution in [1.29, 1.82) is 0 Å². The summed E-state index contributed by atoms with van der Waals surface area (Å²) in [7, 11) is 1.75. The van der Waals surface area contributed by atoms with Crippen molar-refractivity contribution in [2.24, 2.45) is 0 Å². The Hall–Kier alpha value is -3.68. The highest BCUT2D eigenvalue weighted by atomic mass is 16.2. The summed E-state index contributed by atoms with van der Waals surface area (Å²) >= 11 is 0. The van der Waals surface area contributed by atoms with Crippen LogP contribution in [0.25, 0.3) is 5.69 Å². The van der Waals surface area contributed by atoms with Gasteiger partial charge in [-0.05, 0) is 55.3 Å². The van der Waals surface area contributed by atoms with Gasteiger partial charge in [-0.25, -0.2) is 9.67 Å². The van der Waals surface area contributed by atoms with E-state index in [0.29, 0.717) is 30.0 Å². The highest BCUT2D eigenvalue weighted by Gasteiger charge is 2.34. The fourth-order valence-corrected chi connectivity index (χ4v) is 3.49. The van der Waals surface area contributed by atoms with Gasteiger partial charge in [-0.3, -0.25) is 9.59 Å². The number of hydrogen-bond donors (Lipinski definition) is 2. The van der Waals surface area contributed by atoms with Gasteiger partial charge in [0.15, 0.2) is 0 Å². The highest BCUT2D eigenvalue weighted by Crippen LogP contribution is 2.23. The number of likely N-dealkylation sites (tertiary alicyclic amines) is 1. The van der Waals surface area contributed by atoms with Crippen LogP contribution in [-0.2, 0) is 4.79 Å². The Morgan fingerprint density at radius 1 is 1.14 bits per heavy atom. The van der Waals surface area contributed by atoms with E-state index in [0.717, 1.165) is 12.1 Å². The Kier molecular flexibility index (Phi) is 5.24. The van der Waals surface area contributed by atoms with Gasteiger partial charge in [0.2, 0.25) is 5.91 Å². The van der Waals surface area contributed by atoms with Crippen molar-refractivity contribution in [1.82, 2.24) is 19.7 Å². The lowest BCUT2D eigenvalue weighted by atomic mass is 10.1. The van der Waals surface area contributed by atoms with Crippen LogP contribution in [0.5, 0.6) is 0 Å². The van der Waals surface area contributed by atoms with E-state index in [9.17, 15) is 9.59 Å². The van der Waals surface area contributed by atoms with Crippen LogP contribution < -0.4 is 10.6 Å². The molecule has 1 saturated heterocycles. The monoisotopic (exact) mass is 390 g/mol. The molecule has 1 aromatic carbocycles. The van der Waals surface area contributed by atoms with Gasteiger partial charge >= 0.3 is 0 Å². The zero-order valence-electron chi connectivity index (χ0n) is 16.1. The normalized spacial score (nSPS) is 15.9. The summed E-state index contributed by atoms with van der Waals surface area (Å²) in [5.41, 5.74) is 2.11. The maximum Gasteiger partial charge on any atom is 0.254 e. The number of nitrogens with zero attached hydrogens (tertiary/aromatic N) is 4. The predicted molar refractivity (Wildman–Crippen MR) is 110 cm³/mol. The Balaban J connectivity index is 1.45. The molecule has 2 aromatic heterocycles. The molecule has 8 nitrogen and oxygen atoms in total. The summed E-state index contributed by atoms with van der Waals surface area (Å²) in [6, 6.07) is 12.2. The Bertz CT molecular complexity index is 1000. The molecule has 3 heterocycles. The van der Waals surface area contributed by atoms with Crippen LogP contribution in [0.15, 0.2) is 61.1 Å². The first-order valence-electron chi connectivity index (χ1n) is 9.51. The summed E-state index contributed by atoms with van der Waals surface area (Å²) in [5.74, 6) is 0.287. The van der Waals surface area contributed by atoms with Crippen molar-refractivity contribution in [2.75, 3.05) is 24.2 Å². The molecule has 0 radical (unpaired) electrons. The molecule has 0 aliphatic carbocycles. The minimum atomic E-state index is -0.487. The first kappa shape index (κ1) is 18.7. The molecule has 1 aliphatic heterocycles. The molecule has 1 atom stereocenters. The van der Waals surface area contributed by atoms with E-state index in [1.165, 1.54) is 0 Å². The zero-order valence-corrected chi connectivity index (χ0v) is 16.1. The van der Waals surface area contributed by atoms with E-state index in [2.05, 4.69) is 20.7 Å². The number of nitrogens with one attached hydrogen (secondary N) is 2. The second kappa shape index (κ2) is 8.14. The number of carbonyl (C=O) groups excluding carboxylic acids is 2. The predicted octanol–water partition coefficient (Wildman–Crippen LogP) is 2.55. The summed E-state index contributed by atoms with van der Waals surface area (Å²) in [5, 5.41) is 10.0. The molecule has 2 amide bonds. The molecule has 2 N–H and O–H groups in total. The second-order valence-electron chi connectivity index (χ2n) is 6.82. The number of pyridine rings is 1. The third-order valence-corrected chi connectivity index (χ3v) is 4.98. The summed E-state index contributed by atoms with van der Waals surface area (Å²) < 4.78 is 1.75. The SMILES string of the molecule is CNc1cc(C(=O)N2CCC[C@@H]2C(=O)Nc2ccc(-n3cccn3)cc2)ccn1. The fraction of sp³-hybridized carbons (Fsp3) is 0.238. The summed E-state index contributed by atoms with van der Waals surface area (Å²) in [6.45, 7) is 0.562. The number of carbonyl (C=O) groups is 2. The quantitative estimate of drug-likeness (QED) is 0.699. The number of rotatable bonds is 5. The molecule has 0 unspecified atom stereocenters. The molecule has 4 rings (SSSR count). The summed E-state index contributed by atoms with van der Waals surface area (Å²) in [4.78, 5) is 31.6. The van der Waals surface area contributed by atoms with Crippen LogP contribution >= 0.6 is 0 Å². The minimum Gasteiger partial charge on any atom is -0.373 e. The number of amides is 2. The first-order valence-corrected chi connectivity index (χ1v) is 9.51. The third-order valence-electron chi connectivity index (χ3n) is 4.98. The van der Waals surface area contributed by atoms with E-state index in [-0.39, 0.29) is 11.8 Å². The molecule has 1 fully saturated rings. The van der Waals surface area contributed by atoms with Crippen LogP contribution in [0.4, 0.5) is 11.5 Å². The van der Waals surface area contributed by atoms with Crippen LogP contribution in [0, 0.1) is 0 Å². The largest absolute Gasteiger partial charge is 0.373 e. The van der Waals surface area contributed by atoms with Crippen molar-refractivity contribution < 1.29 is 9.59 Å². The first-order chi connectivity index (χ1) is 14.2. The van der Waals surface area contributed by atoms with Crippen molar-refractivity contribution in [3.8, 4) is 5.69 Å². The van der Waals surface area contributed by atoms with Crippen molar-refractivity contribution >= 4 is 23.3 Å². The lowest BCUT2D eigenvalue weighted by molar-refractivity contribution is -0.119. The fourth-order valence-electron chi connectivity index (χ4n) is 3.49. The van der Waals surface area contributed by atoms with E-state index >= 15 is 0 Å². The van der Waals surface area contributed by atoms with E-state index in [1.807, 2.05) is 36.5 Å². The van der Waals surface area contributed by atoms with Crippen LogP contribution in [0.3, 0.4) is 0 Å². The molecular weight excluding hydrogens is 368 g/mol. The smallest absolute Gasteiger partial charge is 0.254 e. The maximum absolute atomic E-state index is 12.9. The van der Waals surface area contributed by atoms with Gasteiger partial charge in [0.25, 0.3) is 5.91 Å². The molecule has 1 aliphatic rings. The summed E-state index contributed by atoms with van der Waals surface area (Å²) in [6.07, 6.45) is 6.60. The minimum absolute atomic E-state index is 0.157. The maximum atomic E-state index is 12.9. The van der Waals surface area contributed by atoms with Crippen molar-refractivity contribution in [3.63, 3.8) is 0 Å². The third kappa shape index (κ3) is 3.96. The molecule has 0 spiro atoms. The molecule has 8 heteroatoms. The van der Waals surface area contributed by atoms with Gasteiger partial charge in [-0.15, -0.1) is 0 Å². The van der Waals surface area contributed by atoms with E-state index in [4.69, 9.17) is 0 Å². The average Bonchev–Trinajstić information content (AvgIpc) is 3.46. The number of anilines is 2. The van der Waals surface area contributed by atoms with Crippen molar-refractivity contribution in [3.05, 3.63) is 66.6 Å². The number of hydrogen-bond acceptors (Lipinski definition) is 5. The standard InChI is InChI=1S/C21H22N6O2/c1-22-19-14-15(9-11-23-19)21(29)26-12-2-4-18(26)20(28)25-16-5-7-17(8-6-16)27-13-3-10-24-27/h3,5-11,13-14,18H,2,4,12H2,1H3,(H,22,23)(H,25,28)/t18-/m1/s1. The molecule has 29 heavy (non-hydrogen) atoms. The average molecular weight is 390 g/mol. The van der Waals surface area contributed by atoms with E-state index in [1.54, 1.807) is 41.2 Å². The Labute approximate surface area is 168 Å². The molecule has 0 bridgehead atoms. The number of aromatic nitrogens is 3. The Morgan fingerprint density at radius 2 is 1.97 bits per heavy atom. The second-order valence-corrected chi connectivity index (χ2v) is 6.82. The molecular formula is C21H22N6O2. The van der Waals surface area contributed by atoms with Gasteiger partial charge in [-0.1, -0.05) is 0 Å². The van der Waals surface area contributed by atoms with Crippen LogP contribution in [-0.4, -0.2) is 51.1 Å². The highest BCUT2D eigenvalue weighted by molar-refractivity contribution is 6.01. The lowest BCUT2D eigenvalue weighted by Gasteiger charge is -2.24. The van der Waals surface area contributed by atoms with Gasteiger partial charge in [0.05, 0.1) is 5.69 Å². The van der Waals surface area contributed by atoms with Gasteiger partial charge in [0.1, 0.15) is 11.9 Å². The topological polar surface area (TPSA) is 92.2 Å². The number of benzene rings is 1. The van der Waals surface area contributed by atoms with Crippen LogP contribution in [0.1, 0.15) is 23.2 Å². The molecule has 148 valence electrons. The molecule has 0 saturated carbocycles. The van der Waals surface area contributed by atoms with Crippen molar-refractivity contribution in [2.45, 2.75) is 18.9 Å². The van der Waals surface area contributed by atoms with E-state index < -0.39 is 6.04 Å². The zero-order chi connectivity index (χ0) is 20.2. The Morgan fingerprint density at radius 3 is 2.69 bits per heavy atom. The lowest BCUT2D eigenvalue weighted by Crippen LogP contribution is -2.43. The molecule has 3 aromatic rings. The van der Waals surface area contributed by atoms with Gasteiger partial charge < -0.3 is 15.5 Å².